The summed E-state index contributed by atoms with van der Waals surface area (Å²) in [6.07, 6.45) is 0.398. The van der Waals surface area contributed by atoms with E-state index >= 15 is 0 Å². The first kappa shape index (κ1) is 12.1. The molecule has 1 aliphatic heterocycles. The van der Waals surface area contributed by atoms with Gasteiger partial charge in [0, 0.05) is 12.8 Å². The maximum Gasteiger partial charge on any atom is 0.238 e. The Hall–Kier alpha value is -1.96. The zero-order valence-electron chi connectivity index (χ0n) is 9.55. The van der Waals surface area contributed by atoms with Gasteiger partial charge >= 0.3 is 0 Å². The number of halogens is 1. The Morgan fingerprint density at radius 3 is 2.89 bits per heavy atom. The number of hydrogen-bond donors (Lipinski definition) is 1. The minimum Gasteiger partial charge on any atom is -0.446 e. The van der Waals surface area contributed by atoms with Gasteiger partial charge in [-0.25, -0.2) is 0 Å². The number of rotatable bonds is 3. The molecule has 0 radical (unpaired) electrons. The van der Waals surface area contributed by atoms with Crippen LogP contribution in [0.5, 0.6) is 0 Å². The number of imide groups is 1. The van der Waals surface area contributed by atoms with Crippen molar-refractivity contribution >= 4 is 27.7 Å². The lowest BCUT2D eigenvalue weighted by Gasteiger charge is -1.99. The monoisotopic (exact) mass is 325 g/mol. The average Bonchev–Trinajstić information content (AvgIpc) is 3.02. The van der Waals surface area contributed by atoms with Gasteiger partial charge in [0.2, 0.25) is 23.5 Å². The highest BCUT2D eigenvalue weighted by Crippen LogP contribution is 2.23. The predicted molar refractivity (Wildman–Crippen MR) is 64.7 cm³/mol. The maximum absolute atomic E-state index is 11.4. The Balaban J connectivity index is 1.75. The zero-order valence-corrected chi connectivity index (χ0v) is 11.1. The van der Waals surface area contributed by atoms with Crippen molar-refractivity contribution in [2.45, 2.75) is 12.8 Å². The molecule has 2 aromatic rings. The Morgan fingerprint density at radius 2 is 2.26 bits per heavy atom. The second kappa shape index (κ2) is 4.61. The van der Waals surface area contributed by atoms with E-state index in [-0.39, 0.29) is 24.7 Å². The molecule has 8 heteroatoms. The fourth-order valence-electron chi connectivity index (χ4n) is 1.85. The second-order valence-electron chi connectivity index (χ2n) is 4.13. The van der Waals surface area contributed by atoms with Gasteiger partial charge in [-0.05, 0) is 28.1 Å². The smallest absolute Gasteiger partial charge is 0.238 e. The molecule has 1 atom stereocenters. The molecule has 1 N–H and O–H groups in total. The van der Waals surface area contributed by atoms with Crippen LogP contribution < -0.4 is 5.32 Å². The summed E-state index contributed by atoms with van der Waals surface area (Å²) in [5.74, 6) is 0.0657. The fraction of sp³-hybridized carbons (Fsp3) is 0.273. The SMILES string of the molecule is O=C1CC(Cc2nc(-c3ccc(Br)o3)no2)C(=O)N1. The molecule has 0 bridgehead atoms. The number of hydrogen-bond acceptors (Lipinski definition) is 6. The Bertz CT molecular complexity index is 648. The molecule has 2 amide bonds. The highest BCUT2D eigenvalue weighted by atomic mass is 79.9. The van der Waals surface area contributed by atoms with Crippen molar-refractivity contribution in [1.29, 1.82) is 0 Å². The van der Waals surface area contributed by atoms with Crippen molar-refractivity contribution in [1.82, 2.24) is 15.5 Å². The van der Waals surface area contributed by atoms with Crippen molar-refractivity contribution in [2.75, 3.05) is 0 Å². The van der Waals surface area contributed by atoms with Gasteiger partial charge in [-0.15, -0.1) is 0 Å². The Morgan fingerprint density at radius 1 is 1.42 bits per heavy atom. The van der Waals surface area contributed by atoms with Gasteiger partial charge in [0.15, 0.2) is 10.4 Å². The van der Waals surface area contributed by atoms with Crippen LogP contribution in [-0.2, 0) is 16.0 Å². The second-order valence-corrected chi connectivity index (χ2v) is 4.91. The number of furan rings is 1. The number of nitrogens with zero attached hydrogens (tertiary/aromatic N) is 2. The fourth-order valence-corrected chi connectivity index (χ4v) is 2.16. The van der Waals surface area contributed by atoms with Crippen molar-refractivity contribution < 1.29 is 18.5 Å². The number of aromatic nitrogens is 2. The average molecular weight is 326 g/mol. The summed E-state index contributed by atoms with van der Waals surface area (Å²) in [4.78, 5) is 26.6. The van der Waals surface area contributed by atoms with Gasteiger partial charge in [0.1, 0.15) is 0 Å². The van der Waals surface area contributed by atoms with Gasteiger partial charge in [0.05, 0.1) is 5.92 Å². The summed E-state index contributed by atoms with van der Waals surface area (Å²) in [5, 5.41) is 6.01. The van der Waals surface area contributed by atoms with Crippen LogP contribution in [0.25, 0.3) is 11.6 Å². The molecule has 0 spiro atoms. The predicted octanol–water partition coefficient (Wildman–Crippen LogP) is 1.30. The summed E-state index contributed by atoms with van der Waals surface area (Å²) in [7, 11) is 0. The first-order chi connectivity index (χ1) is 9.11. The number of nitrogens with one attached hydrogen (secondary N) is 1. The molecule has 1 aliphatic rings. The van der Waals surface area contributed by atoms with Crippen LogP contribution in [0, 0.1) is 5.92 Å². The highest BCUT2D eigenvalue weighted by molar-refractivity contribution is 9.10. The molecular weight excluding hydrogens is 318 g/mol. The van der Waals surface area contributed by atoms with Crippen LogP contribution in [0.2, 0.25) is 0 Å². The molecule has 7 nitrogen and oxygen atoms in total. The lowest BCUT2D eigenvalue weighted by Crippen LogP contribution is -2.22. The van der Waals surface area contributed by atoms with E-state index in [1.165, 1.54) is 0 Å². The minimum atomic E-state index is -0.441. The summed E-state index contributed by atoms with van der Waals surface area (Å²) in [5.41, 5.74) is 0. The van der Waals surface area contributed by atoms with Crippen molar-refractivity contribution in [3.8, 4) is 11.6 Å². The van der Waals surface area contributed by atoms with Crippen molar-refractivity contribution in [3.63, 3.8) is 0 Å². The van der Waals surface area contributed by atoms with Crippen LogP contribution in [-0.4, -0.2) is 22.0 Å². The van der Waals surface area contributed by atoms with Crippen molar-refractivity contribution in [3.05, 3.63) is 22.7 Å². The van der Waals surface area contributed by atoms with Gasteiger partial charge in [-0.2, -0.15) is 4.98 Å². The van der Waals surface area contributed by atoms with E-state index in [4.69, 9.17) is 8.94 Å². The number of amides is 2. The molecule has 1 fully saturated rings. The molecule has 2 aromatic heterocycles. The minimum absolute atomic E-state index is 0.156. The quantitative estimate of drug-likeness (QED) is 0.854. The molecule has 3 heterocycles. The van der Waals surface area contributed by atoms with E-state index in [0.717, 1.165) is 0 Å². The molecule has 19 heavy (non-hydrogen) atoms. The summed E-state index contributed by atoms with van der Waals surface area (Å²) < 4.78 is 10.9. The van der Waals surface area contributed by atoms with Crippen LogP contribution in [0.1, 0.15) is 12.3 Å². The standard InChI is InChI=1S/C11H8BrN3O4/c12-7-2-1-6(18-7)10-14-9(19-15-10)4-5-3-8(16)13-11(5)17/h1-2,5H,3-4H2,(H,13,16,17). The molecular formula is C11H8BrN3O4. The van der Waals surface area contributed by atoms with E-state index < -0.39 is 5.92 Å². The van der Waals surface area contributed by atoms with E-state index in [0.29, 0.717) is 22.1 Å². The summed E-state index contributed by atoms with van der Waals surface area (Å²) >= 11 is 3.18. The molecule has 0 aromatic carbocycles. The van der Waals surface area contributed by atoms with Crippen LogP contribution in [0.15, 0.2) is 25.7 Å². The molecule has 0 saturated carbocycles. The largest absolute Gasteiger partial charge is 0.446 e. The normalized spacial score (nSPS) is 18.9. The Labute approximate surface area is 115 Å². The molecule has 1 unspecified atom stereocenters. The van der Waals surface area contributed by atoms with E-state index in [1.807, 2.05) is 0 Å². The van der Waals surface area contributed by atoms with Gasteiger partial charge in [-0.1, -0.05) is 5.16 Å². The molecule has 98 valence electrons. The lowest BCUT2D eigenvalue weighted by atomic mass is 10.0. The van der Waals surface area contributed by atoms with Crippen LogP contribution in [0.4, 0.5) is 0 Å². The molecule has 1 saturated heterocycles. The lowest BCUT2D eigenvalue weighted by molar-refractivity contribution is -0.125. The summed E-state index contributed by atoms with van der Waals surface area (Å²) in [6, 6.07) is 3.42. The molecule has 3 rings (SSSR count). The van der Waals surface area contributed by atoms with Crippen LogP contribution >= 0.6 is 15.9 Å². The summed E-state index contributed by atoms with van der Waals surface area (Å²) in [6.45, 7) is 0. The van der Waals surface area contributed by atoms with Crippen molar-refractivity contribution in [2.24, 2.45) is 5.92 Å². The van der Waals surface area contributed by atoms with Crippen LogP contribution in [0.3, 0.4) is 0 Å². The van der Waals surface area contributed by atoms with E-state index in [9.17, 15) is 9.59 Å². The van der Waals surface area contributed by atoms with Gasteiger partial charge in [-0.3, -0.25) is 14.9 Å². The van der Waals surface area contributed by atoms with Gasteiger partial charge < -0.3 is 8.94 Å². The topological polar surface area (TPSA) is 98.2 Å². The number of carbonyl (C=O) groups is 2. The van der Waals surface area contributed by atoms with Gasteiger partial charge in [0.25, 0.3) is 0 Å². The molecule has 0 aliphatic carbocycles. The Kier molecular flexibility index (Phi) is 2.94. The maximum atomic E-state index is 11.4. The highest BCUT2D eigenvalue weighted by Gasteiger charge is 2.32. The number of carbonyl (C=O) groups excluding carboxylic acids is 2. The zero-order chi connectivity index (χ0) is 13.4. The first-order valence-corrected chi connectivity index (χ1v) is 6.33. The third kappa shape index (κ3) is 2.43. The third-order valence-electron chi connectivity index (χ3n) is 2.75. The van der Waals surface area contributed by atoms with E-state index in [1.54, 1.807) is 12.1 Å². The first-order valence-electron chi connectivity index (χ1n) is 5.54. The van der Waals surface area contributed by atoms with E-state index in [2.05, 4.69) is 31.4 Å². The third-order valence-corrected chi connectivity index (χ3v) is 3.17.